The van der Waals surface area contributed by atoms with Crippen LogP contribution in [0.2, 0.25) is 0 Å². The van der Waals surface area contributed by atoms with Crippen molar-refractivity contribution in [2.24, 2.45) is 11.1 Å². The van der Waals surface area contributed by atoms with Gasteiger partial charge < -0.3 is 5.73 Å². The molecule has 5 nitrogen and oxygen atoms in total. The van der Waals surface area contributed by atoms with Crippen molar-refractivity contribution in [2.75, 3.05) is 5.75 Å². The molecule has 0 saturated heterocycles. The summed E-state index contributed by atoms with van der Waals surface area (Å²) in [6.45, 7) is 5.97. The summed E-state index contributed by atoms with van der Waals surface area (Å²) in [4.78, 5) is 10.6. The van der Waals surface area contributed by atoms with Gasteiger partial charge in [-0.05, 0) is 17.5 Å². The van der Waals surface area contributed by atoms with Gasteiger partial charge in [0, 0.05) is 28.8 Å². The minimum absolute atomic E-state index is 0.00382. The van der Waals surface area contributed by atoms with Crippen LogP contribution < -0.4 is 5.73 Å². The van der Waals surface area contributed by atoms with Gasteiger partial charge in [0.2, 0.25) is 0 Å². The van der Waals surface area contributed by atoms with Crippen LogP contribution in [0.3, 0.4) is 0 Å². The van der Waals surface area contributed by atoms with Gasteiger partial charge >= 0.3 is 0 Å². The Bertz CT molecular complexity index is 451. The molecular weight excluding hydrogens is 252 g/mol. The molecule has 2 atom stereocenters. The maximum Gasteiger partial charge on any atom is 0.269 e. The van der Waals surface area contributed by atoms with Gasteiger partial charge in [-0.1, -0.05) is 20.8 Å². The van der Waals surface area contributed by atoms with Crippen molar-refractivity contribution in [1.29, 1.82) is 0 Å². The third kappa shape index (κ3) is 3.89. The highest BCUT2D eigenvalue weighted by Crippen LogP contribution is 2.21. The molecule has 0 radical (unpaired) electrons. The fraction of sp³-hybridized carbons (Fsp3) is 0.500. The highest BCUT2D eigenvalue weighted by Gasteiger charge is 2.23. The molecule has 2 N–H and O–H groups in total. The van der Waals surface area contributed by atoms with E-state index in [-0.39, 0.29) is 17.1 Å². The molecule has 0 fully saturated rings. The Kier molecular flexibility index (Phi) is 4.59. The second-order valence-corrected chi connectivity index (χ2v) is 6.73. The first-order valence-electron chi connectivity index (χ1n) is 5.60. The van der Waals surface area contributed by atoms with Crippen molar-refractivity contribution in [2.45, 2.75) is 31.7 Å². The summed E-state index contributed by atoms with van der Waals surface area (Å²) in [5.41, 5.74) is 5.85. The number of non-ortho nitro benzene ring substituents is 1. The molecule has 6 heteroatoms. The first kappa shape index (κ1) is 14.8. The number of rotatable bonds is 4. The van der Waals surface area contributed by atoms with Crippen LogP contribution in [-0.2, 0) is 10.8 Å². The largest absolute Gasteiger partial charge is 0.326 e. The van der Waals surface area contributed by atoms with Crippen LogP contribution in [0.4, 0.5) is 5.69 Å². The zero-order valence-corrected chi connectivity index (χ0v) is 11.6. The summed E-state index contributed by atoms with van der Waals surface area (Å²) in [7, 11) is -1.23. The van der Waals surface area contributed by atoms with Gasteiger partial charge in [-0.15, -0.1) is 0 Å². The zero-order chi connectivity index (χ0) is 13.9. The second-order valence-electron chi connectivity index (χ2n) is 5.24. The van der Waals surface area contributed by atoms with Crippen LogP contribution in [0.15, 0.2) is 29.2 Å². The first-order valence-corrected chi connectivity index (χ1v) is 6.92. The Hall–Kier alpha value is -1.27. The predicted octanol–water partition coefficient (Wildman–Crippen LogP) is 2.08. The maximum absolute atomic E-state index is 12.0. The molecule has 18 heavy (non-hydrogen) atoms. The van der Waals surface area contributed by atoms with Gasteiger partial charge in [0.25, 0.3) is 5.69 Å². The normalized spacial score (nSPS) is 15.1. The third-order valence-corrected chi connectivity index (χ3v) is 4.21. The van der Waals surface area contributed by atoms with Crippen molar-refractivity contribution in [3.63, 3.8) is 0 Å². The fourth-order valence-electron chi connectivity index (χ4n) is 1.23. The Morgan fingerprint density at radius 2 is 1.83 bits per heavy atom. The molecule has 0 spiro atoms. The van der Waals surface area contributed by atoms with E-state index < -0.39 is 15.7 Å². The lowest BCUT2D eigenvalue weighted by Crippen LogP contribution is -2.39. The van der Waals surface area contributed by atoms with E-state index in [1.165, 1.54) is 24.3 Å². The lowest BCUT2D eigenvalue weighted by atomic mass is 9.89. The monoisotopic (exact) mass is 270 g/mol. The molecule has 0 amide bonds. The smallest absolute Gasteiger partial charge is 0.269 e. The SMILES string of the molecule is CC(C)(C)C(N)CS(=O)c1ccc([N+](=O)[O-])cc1. The highest BCUT2D eigenvalue weighted by atomic mass is 32.2. The van der Waals surface area contributed by atoms with E-state index in [1.807, 2.05) is 20.8 Å². The number of hydrogen-bond acceptors (Lipinski definition) is 4. The summed E-state index contributed by atoms with van der Waals surface area (Å²) in [6, 6.07) is 5.56. The Morgan fingerprint density at radius 1 is 1.33 bits per heavy atom. The lowest BCUT2D eigenvalue weighted by Gasteiger charge is -2.26. The Labute approximate surface area is 109 Å². The van der Waals surface area contributed by atoms with Crippen molar-refractivity contribution < 1.29 is 9.13 Å². The van der Waals surface area contributed by atoms with Gasteiger partial charge in [-0.3, -0.25) is 14.3 Å². The van der Waals surface area contributed by atoms with Gasteiger partial charge in [0.1, 0.15) is 0 Å². The zero-order valence-electron chi connectivity index (χ0n) is 10.8. The van der Waals surface area contributed by atoms with Crippen molar-refractivity contribution in [3.05, 3.63) is 34.4 Å². The van der Waals surface area contributed by atoms with E-state index in [9.17, 15) is 14.3 Å². The number of nitro benzene ring substituents is 1. The summed E-state index contributed by atoms with van der Waals surface area (Å²) in [5.74, 6) is 0.349. The summed E-state index contributed by atoms with van der Waals surface area (Å²) >= 11 is 0. The quantitative estimate of drug-likeness (QED) is 0.670. The lowest BCUT2D eigenvalue weighted by molar-refractivity contribution is -0.384. The average molecular weight is 270 g/mol. The van der Waals surface area contributed by atoms with Gasteiger partial charge in [-0.25, -0.2) is 0 Å². The summed E-state index contributed by atoms with van der Waals surface area (Å²) in [6.07, 6.45) is 0. The molecule has 1 aromatic carbocycles. The van der Waals surface area contributed by atoms with Crippen LogP contribution in [0.5, 0.6) is 0 Å². The molecule has 0 aliphatic rings. The molecule has 0 aliphatic heterocycles. The molecule has 0 bridgehead atoms. The van der Waals surface area contributed by atoms with Gasteiger partial charge in [0.15, 0.2) is 0 Å². The molecule has 0 heterocycles. The Balaban J connectivity index is 2.76. The Morgan fingerprint density at radius 3 is 2.22 bits per heavy atom. The van der Waals surface area contributed by atoms with Crippen LogP contribution in [-0.4, -0.2) is 20.9 Å². The van der Waals surface area contributed by atoms with Gasteiger partial charge in [-0.2, -0.15) is 0 Å². The fourth-order valence-corrected chi connectivity index (χ4v) is 2.69. The van der Waals surface area contributed by atoms with Crippen molar-refractivity contribution in [1.82, 2.24) is 0 Å². The number of hydrogen-bond donors (Lipinski definition) is 1. The van der Waals surface area contributed by atoms with E-state index in [1.54, 1.807) is 0 Å². The molecule has 0 aliphatic carbocycles. The second kappa shape index (κ2) is 5.58. The predicted molar refractivity (Wildman–Crippen MR) is 71.8 cm³/mol. The number of nitrogens with zero attached hydrogens (tertiary/aromatic N) is 1. The first-order chi connectivity index (χ1) is 8.21. The van der Waals surface area contributed by atoms with E-state index in [0.717, 1.165) is 0 Å². The van der Waals surface area contributed by atoms with E-state index in [2.05, 4.69) is 0 Å². The minimum atomic E-state index is -1.23. The van der Waals surface area contributed by atoms with Crippen LogP contribution in [0.1, 0.15) is 20.8 Å². The van der Waals surface area contributed by atoms with Crippen LogP contribution in [0, 0.1) is 15.5 Å². The molecular formula is C12H18N2O3S. The topological polar surface area (TPSA) is 86.2 Å². The summed E-state index contributed by atoms with van der Waals surface area (Å²) in [5, 5.41) is 10.5. The minimum Gasteiger partial charge on any atom is -0.326 e. The van der Waals surface area contributed by atoms with Crippen LogP contribution in [0.25, 0.3) is 0 Å². The third-order valence-electron chi connectivity index (χ3n) is 2.75. The standard InChI is InChI=1S/C12H18N2O3S/c1-12(2,3)11(13)8-18(17)10-6-4-9(5-7-10)14(15)16/h4-7,11H,8,13H2,1-3H3. The van der Waals surface area contributed by atoms with E-state index in [4.69, 9.17) is 5.73 Å². The maximum atomic E-state index is 12.0. The molecule has 1 rings (SSSR count). The molecule has 1 aromatic rings. The van der Waals surface area contributed by atoms with Gasteiger partial charge in [0.05, 0.1) is 15.7 Å². The van der Waals surface area contributed by atoms with E-state index in [0.29, 0.717) is 10.6 Å². The number of nitro groups is 1. The van der Waals surface area contributed by atoms with Crippen molar-refractivity contribution in [3.8, 4) is 0 Å². The molecule has 2 unspecified atom stereocenters. The average Bonchev–Trinajstić information content (AvgIpc) is 2.27. The number of nitrogens with two attached hydrogens (primary N) is 1. The molecule has 0 aromatic heterocycles. The highest BCUT2D eigenvalue weighted by molar-refractivity contribution is 7.85. The van der Waals surface area contributed by atoms with Crippen LogP contribution >= 0.6 is 0 Å². The molecule has 100 valence electrons. The summed E-state index contributed by atoms with van der Waals surface area (Å²) < 4.78 is 12.0. The van der Waals surface area contributed by atoms with Crippen molar-refractivity contribution >= 4 is 16.5 Å². The van der Waals surface area contributed by atoms with E-state index >= 15 is 0 Å². The molecule has 0 saturated carbocycles. The number of benzene rings is 1.